The molecule has 0 bridgehead atoms. The third-order valence-electron chi connectivity index (χ3n) is 4.49. The number of rotatable bonds is 8. The summed E-state index contributed by atoms with van der Waals surface area (Å²) < 4.78 is 0. The molecular weight excluding hydrogens is 270 g/mol. The normalized spacial score (nSPS) is 19.1. The number of nitrogens with one attached hydrogen (secondary N) is 2. The van der Waals surface area contributed by atoms with Crippen LogP contribution in [0.3, 0.4) is 0 Å². The van der Waals surface area contributed by atoms with Gasteiger partial charge in [-0.25, -0.2) is 9.97 Å². The smallest absolute Gasteiger partial charge is 0.353 e. The van der Waals surface area contributed by atoms with Crippen molar-refractivity contribution in [3.8, 4) is 0 Å². The van der Waals surface area contributed by atoms with Crippen molar-refractivity contribution in [3.05, 3.63) is 16.4 Å². The average Bonchev–Trinajstić information content (AvgIpc) is 3.35. The zero-order valence-corrected chi connectivity index (χ0v) is 12.3. The molecule has 0 radical (unpaired) electrons. The number of hydrogen-bond acceptors (Lipinski definition) is 6. The summed E-state index contributed by atoms with van der Waals surface area (Å²) in [6.07, 6.45) is 7.32. The Hall–Kier alpha value is -1.92. The van der Waals surface area contributed by atoms with Crippen molar-refractivity contribution in [1.82, 2.24) is 9.97 Å². The largest absolute Gasteiger partial charge is 0.364 e. The van der Waals surface area contributed by atoms with Gasteiger partial charge in [0.1, 0.15) is 6.33 Å². The summed E-state index contributed by atoms with van der Waals surface area (Å²) in [7, 11) is 0. The molecule has 0 aliphatic heterocycles. The molecule has 7 heteroatoms. The molecule has 2 aliphatic carbocycles. The minimum absolute atomic E-state index is 0.0439. The van der Waals surface area contributed by atoms with Gasteiger partial charge in [-0.2, -0.15) is 0 Å². The van der Waals surface area contributed by atoms with Gasteiger partial charge in [0.25, 0.3) is 0 Å². The summed E-state index contributed by atoms with van der Waals surface area (Å²) in [4.78, 5) is 19.0. The maximum atomic E-state index is 11.3. The van der Waals surface area contributed by atoms with Crippen LogP contribution in [0.2, 0.25) is 0 Å². The predicted molar refractivity (Wildman–Crippen MR) is 80.3 cm³/mol. The Labute approximate surface area is 123 Å². The molecule has 2 aliphatic rings. The van der Waals surface area contributed by atoms with Crippen molar-refractivity contribution in [2.24, 2.45) is 11.3 Å². The lowest BCUT2D eigenvalue weighted by molar-refractivity contribution is -0.383. The Morgan fingerprint density at radius 3 is 2.52 bits per heavy atom. The zero-order chi connectivity index (χ0) is 14.9. The van der Waals surface area contributed by atoms with Gasteiger partial charge in [0.15, 0.2) is 0 Å². The molecule has 2 N–H and O–H groups in total. The minimum atomic E-state index is -0.406. The monoisotopic (exact) mass is 291 g/mol. The lowest BCUT2D eigenvalue weighted by atomic mass is 10.0. The Kier molecular flexibility index (Phi) is 3.65. The molecule has 1 aromatic heterocycles. The second kappa shape index (κ2) is 5.46. The predicted octanol–water partition coefficient (Wildman–Crippen LogP) is 2.81. The molecule has 7 nitrogen and oxygen atoms in total. The fourth-order valence-corrected chi connectivity index (χ4v) is 2.90. The average molecular weight is 291 g/mol. The molecule has 0 amide bonds. The van der Waals surface area contributed by atoms with Crippen molar-refractivity contribution in [3.63, 3.8) is 0 Å². The molecule has 1 heterocycles. The molecule has 0 aromatic carbocycles. The topological polar surface area (TPSA) is 93.0 Å². The van der Waals surface area contributed by atoms with Crippen molar-refractivity contribution in [2.75, 3.05) is 23.7 Å². The Balaban J connectivity index is 1.75. The van der Waals surface area contributed by atoms with Crippen LogP contribution in [0.5, 0.6) is 0 Å². The molecule has 0 unspecified atom stereocenters. The van der Waals surface area contributed by atoms with E-state index in [2.05, 4.69) is 20.6 Å². The number of aromatic nitrogens is 2. The molecule has 21 heavy (non-hydrogen) atoms. The Morgan fingerprint density at radius 2 is 2.00 bits per heavy atom. The highest BCUT2D eigenvalue weighted by atomic mass is 16.6. The number of hydrogen-bond donors (Lipinski definition) is 2. The second-order valence-electron chi connectivity index (χ2n) is 6.09. The maximum absolute atomic E-state index is 11.3. The SMILES string of the molecule is CCCNc1ncnc(NCC2(C3CC3)CC2)c1[N+](=O)[O-]. The van der Waals surface area contributed by atoms with Gasteiger partial charge in [-0.3, -0.25) is 10.1 Å². The van der Waals surface area contributed by atoms with E-state index >= 15 is 0 Å². The lowest BCUT2D eigenvalue weighted by Crippen LogP contribution is -2.19. The van der Waals surface area contributed by atoms with E-state index in [-0.39, 0.29) is 5.69 Å². The maximum Gasteiger partial charge on any atom is 0.353 e. The van der Waals surface area contributed by atoms with E-state index in [9.17, 15) is 10.1 Å². The standard InChI is InChI=1S/C14H21N5O2/c1-2-7-15-12-11(19(20)21)13(18-9-17-12)16-8-14(5-6-14)10-3-4-10/h9-10H,2-8H2,1H3,(H2,15,16,17,18). The molecule has 1 aromatic rings. The van der Waals surface area contributed by atoms with Crippen molar-refractivity contribution in [1.29, 1.82) is 0 Å². The summed E-state index contributed by atoms with van der Waals surface area (Å²) in [5.74, 6) is 1.44. The first-order valence-electron chi connectivity index (χ1n) is 7.63. The Bertz CT molecular complexity index is 540. The van der Waals surface area contributed by atoms with Gasteiger partial charge in [-0.15, -0.1) is 0 Å². The molecule has 0 saturated heterocycles. The van der Waals surface area contributed by atoms with Crippen LogP contribution < -0.4 is 10.6 Å². The van der Waals surface area contributed by atoms with Crippen LogP contribution in [0.25, 0.3) is 0 Å². The highest BCUT2D eigenvalue weighted by Crippen LogP contribution is 2.61. The highest BCUT2D eigenvalue weighted by molar-refractivity contribution is 5.69. The summed E-state index contributed by atoms with van der Waals surface area (Å²) in [6, 6.07) is 0. The van der Waals surface area contributed by atoms with Gasteiger partial charge in [-0.05, 0) is 43.4 Å². The van der Waals surface area contributed by atoms with E-state index in [0.29, 0.717) is 23.6 Å². The lowest BCUT2D eigenvalue weighted by Gasteiger charge is -2.16. The molecule has 114 valence electrons. The van der Waals surface area contributed by atoms with E-state index < -0.39 is 4.92 Å². The van der Waals surface area contributed by atoms with Crippen molar-refractivity contribution in [2.45, 2.75) is 39.0 Å². The summed E-state index contributed by atoms with van der Waals surface area (Å²) in [5, 5.41) is 17.5. The fraction of sp³-hybridized carbons (Fsp3) is 0.714. The van der Waals surface area contributed by atoms with Gasteiger partial charge in [0.2, 0.25) is 11.6 Å². The first-order valence-corrected chi connectivity index (χ1v) is 7.63. The van der Waals surface area contributed by atoms with Crippen molar-refractivity contribution < 1.29 is 4.92 Å². The van der Waals surface area contributed by atoms with Gasteiger partial charge < -0.3 is 10.6 Å². The summed E-state index contributed by atoms with van der Waals surface area (Å²) >= 11 is 0. The third-order valence-corrected chi connectivity index (χ3v) is 4.49. The van der Waals surface area contributed by atoms with E-state index in [4.69, 9.17) is 0 Å². The minimum Gasteiger partial charge on any atom is -0.364 e. The number of nitro groups is 1. The molecule has 3 rings (SSSR count). The van der Waals surface area contributed by atoms with Gasteiger partial charge in [0.05, 0.1) is 4.92 Å². The summed E-state index contributed by atoms with van der Waals surface area (Å²) in [5.41, 5.74) is 0.327. The van der Waals surface area contributed by atoms with Crippen LogP contribution in [-0.2, 0) is 0 Å². The zero-order valence-electron chi connectivity index (χ0n) is 12.3. The van der Waals surface area contributed by atoms with Gasteiger partial charge in [-0.1, -0.05) is 6.92 Å². The fourth-order valence-electron chi connectivity index (χ4n) is 2.90. The number of nitrogens with zero attached hydrogens (tertiary/aromatic N) is 3. The highest BCUT2D eigenvalue weighted by Gasteiger charge is 2.53. The molecule has 2 fully saturated rings. The van der Waals surface area contributed by atoms with Crippen LogP contribution in [0, 0.1) is 21.4 Å². The van der Waals surface area contributed by atoms with Crippen LogP contribution in [0.1, 0.15) is 39.0 Å². The van der Waals surface area contributed by atoms with E-state index in [1.54, 1.807) is 0 Å². The third kappa shape index (κ3) is 2.91. The van der Waals surface area contributed by atoms with E-state index in [1.165, 1.54) is 32.0 Å². The molecular formula is C14H21N5O2. The second-order valence-corrected chi connectivity index (χ2v) is 6.09. The molecule has 0 spiro atoms. The van der Waals surface area contributed by atoms with Crippen LogP contribution in [0.4, 0.5) is 17.3 Å². The van der Waals surface area contributed by atoms with E-state index in [0.717, 1.165) is 18.9 Å². The van der Waals surface area contributed by atoms with Crippen LogP contribution in [-0.4, -0.2) is 28.0 Å². The quantitative estimate of drug-likeness (QED) is 0.565. The first-order chi connectivity index (χ1) is 10.2. The first kappa shape index (κ1) is 14.0. The van der Waals surface area contributed by atoms with Crippen molar-refractivity contribution >= 4 is 17.3 Å². The van der Waals surface area contributed by atoms with E-state index in [1.807, 2.05) is 6.92 Å². The molecule has 2 saturated carbocycles. The Morgan fingerprint density at radius 1 is 1.33 bits per heavy atom. The van der Waals surface area contributed by atoms with Gasteiger partial charge >= 0.3 is 5.69 Å². The van der Waals surface area contributed by atoms with Crippen LogP contribution in [0.15, 0.2) is 6.33 Å². The molecule has 0 atom stereocenters. The number of anilines is 2. The van der Waals surface area contributed by atoms with Crippen LogP contribution >= 0.6 is 0 Å². The summed E-state index contributed by atoms with van der Waals surface area (Å²) in [6.45, 7) is 3.44. The van der Waals surface area contributed by atoms with Gasteiger partial charge in [0, 0.05) is 13.1 Å².